The summed E-state index contributed by atoms with van der Waals surface area (Å²) in [5.74, 6) is -0.113. The molecule has 0 atom stereocenters. The van der Waals surface area contributed by atoms with Gasteiger partial charge in [0.2, 0.25) is 5.91 Å². The van der Waals surface area contributed by atoms with E-state index in [-0.39, 0.29) is 11.7 Å². The second-order valence-corrected chi connectivity index (χ2v) is 6.45. The van der Waals surface area contributed by atoms with Gasteiger partial charge in [-0.05, 0) is 47.9 Å². The molecule has 0 saturated carbocycles. The number of anilines is 2. The summed E-state index contributed by atoms with van der Waals surface area (Å²) in [7, 11) is 0. The highest BCUT2D eigenvalue weighted by Gasteiger charge is 2.23. The van der Waals surface area contributed by atoms with Crippen molar-refractivity contribution in [1.29, 1.82) is 0 Å². The van der Waals surface area contributed by atoms with Crippen LogP contribution in [0, 0.1) is 5.82 Å². The van der Waals surface area contributed by atoms with Crippen LogP contribution < -0.4 is 10.2 Å². The number of rotatable bonds is 4. The van der Waals surface area contributed by atoms with Crippen LogP contribution in [-0.2, 0) is 17.8 Å². The van der Waals surface area contributed by atoms with Gasteiger partial charge in [-0.3, -0.25) is 9.78 Å². The fraction of sp³-hybridized carbons (Fsp3) is 0.238. The largest absolute Gasteiger partial charge is 0.381 e. The highest BCUT2D eigenvalue weighted by molar-refractivity contribution is 5.96. The molecule has 0 unspecified atom stereocenters. The number of fused-ring (bicyclic) bond motifs is 2. The number of amides is 1. The predicted molar refractivity (Wildman–Crippen MR) is 102 cm³/mol. The van der Waals surface area contributed by atoms with Crippen molar-refractivity contribution in [2.45, 2.75) is 26.3 Å². The molecule has 4 rings (SSSR count). The first-order chi connectivity index (χ1) is 12.7. The third-order valence-electron chi connectivity index (χ3n) is 4.87. The van der Waals surface area contributed by atoms with E-state index in [1.165, 1.54) is 11.6 Å². The Morgan fingerprint density at radius 2 is 2.15 bits per heavy atom. The first-order valence-corrected chi connectivity index (χ1v) is 8.86. The zero-order chi connectivity index (χ0) is 18.1. The van der Waals surface area contributed by atoms with E-state index in [0.717, 1.165) is 29.9 Å². The summed E-state index contributed by atoms with van der Waals surface area (Å²) >= 11 is 0. The van der Waals surface area contributed by atoms with Gasteiger partial charge in [0.1, 0.15) is 5.82 Å². The minimum absolute atomic E-state index is 0.148. The van der Waals surface area contributed by atoms with Crippen LogP contribution >= 0.6 is 0 Å². The monoisotopic (exact) mass is 349 g/mol. The molecule has 1 N–H and O–H groups in total. The number of nitrogens with one attached hydrogen (secondary N) is 1. The Morgan fingerprint density at radius 1 is 1.27 bits per heavy atom. The number of carbonyl (C=O) groups excluding carboxylic acids is 1. The minimum Gasteiger partial charge on any atom is -0.381 e. The molecular weight excluding hydrogens is 329 g/mol. The van der Waals surface area contributed by atoms with Gasteiger partial charge >= 0.3 is 0 Å². The zero-order valence-electron chi connectivity index (χ0n) is 14.6. The van der Waals surface area contributed by atoms with E-state index in [1.807, 2.05) is 24.0 Å². The number of benzene rings is 2. The molecule has 0 radical (unpaired) electrons. The Balaban J connectivity index is 1.58. The lowest BCUT2D eigenvalue weighted by Crippen LogP contribution is -2.27. The number of carbonyl (C=O) groups is 1. The average Bonchev–Trinajstić information content (AvgIpc) is 3.10. The zero-order valence-corrected chi connectivity index (χ0v) is 14.6. The molecule has 0 saturated heterocycles. The predicted octanol–water partition coefficient (Wildman–Crippen LogP) is 4.29. The van der Waals surface area contributed by atoms with Crippen LogP contribution in [0.2, 0.25) is 0 Å². The van der Waals surface area contributed by atoms with Crippen molar-refractivity contribution in [3.8, 4) is 0 Å². The molecule has 3 aromatic rings. The van der Waals surface area contributed by atoms with E-state index < -0.39 is 0 Å². The number of aromatic nitrogens is 1. The summed E-state index contributed by atoms with van der Waals surface area (Å²) in [5.41, 5.74) is 4.73. The highest BCUT2D eigenvalue weighted by Crippen LogP contribution is 2.31. The third-order valence-corrected chi connectivity index (χ3v) is 4.87. The van der Waals surface area contributed by atoms with Gasteiger partial charge in [-0.2, -0.15) is 0 Å². The summed E-state index contributed by atoms with van der Waals surface area (Å²) < 4.78 is 13.9. The number of hydrogen-bond acceptors (Lipinski definition) is 3. The summed E-state index contributed by atoms with van der Waals surface area (Å²) in [6.07, 6.45) is 3.08. The molecule has 4 nitrogen and oxygen atoms in total. The lowest BCUT2D eigenvalue weighted by atomic mass is 10.1. The molecule has 5 heteroatoms. The Hall–Kier alpha value is -2.95. The molecule has 1 aromatic heterocycles. The molecule has 0 fully saturated rings. The Morgan fingerprint density at radius 3 is 3.00 bits per heavy atom. The van der Waals surface area contributed by atoms with Gasteiger partial charge in [0.15, 0.2) is 0 Å². The van der Waals surface area contributed by atoms with E-state index in [1.54, 1.807) is 24.4 Å². The molecule has 2 aromatic carbocycles. The van der Waals surface area contributed by atoms with Crippen molar-refractivity contribution >= 4 is 28.2 Å². The second kappa shape index (κ2) is 6.75. The van der Waals surface area contributed by atoms with E-state index in [9.17, 15) is 9.18 Å². The van der Waals surface area contributed by atoms with Gasteiger partial charge in [0, 0.05) is 42.5 Å². The van der Waals surface area contributed by atoms with Crippen LogP contribution in [0.15, 0.2) is 48.7 Å². The molecule has 0 aliphatic carbocycles. The number of hydrogen-bond donors (Lipinski definition) is 1. The van der Waals surface area contributed by atoms with Gasteiger partial charge in [0.05, 0.1) is 5.52 Å². The fourth-order valence-electron chi connectivity index (χ4n) is 3.48. The van der Waals surface area contributed by atoms with E-state index >= 15 is 0 Å². The van der Waals surface area contributed by atoms with Crippen LogP contribution in [0.1, 0.15) is 24.5 Å². The van der Waals surface area contributed by atoms with Crippen LogP contribution in [0.25, 0.3) is 10.9 Å². The molecule has 2 heterocycles. The molecule has 1 amide bonds. The number of halogens is 1. The van der Waals surface area contributed by atoms with Crippen LogP contribution in [-0.4, -0.2) is 17.4 Å². The fourth-order valence-corrected chi connectivity index (χ4v) is 3.48. The van der Waals surface area contributed by atoms with Gasteiger partial charge in [-0.25, -0.2) is 4.39 Å². The number of nitrogens with zero attached hydrogens (tertiary/aromatic N) is 2. The van der Waals surface area contributed by atoms with Crippen LogP contribution in [0.3, 0.4) is 0 Å². The quantitative estimate of drug-likeness (QED) is 0.764. The van der Waals surface area contributed by atoms with Crippen molar-refractivity contribution in [2.75, 3.05) is 16.8 Å². The lowest BCUT2D eigenvalue weighted by molar-refractivity contribution is -0.118. The van der Waals surface area contributed by atoms with Gasteiger partial charge in [0.25, 0.3) is 0 Å². The molecule has 0 bridgehead atoms. The van der Waals surface area contributed by atoms with Gasteiger partial charge < -0.3 is 10.2 Å². The first-order valence-electron chi connectivity index (χ1n) is 8.86. The lowest BCUT2D eigenvalue weighted by Gasteiger charge is -2.17. The first kappa shape index (κ1) is 16.5. The highest BCUT2D eigenvalue weighted by atomic mass is 19.1. The van der Waals surface area contributed by atoms with E-state index in [0.29, 0.717) is 23.9 Å². The molecule has 26 heavy (non-hydrogen) atoms. The Kier molecular flexibility index (Phi) is 4.29. The molecule has 132 valence electrons. The normalized spacial score (nSPS) is 13.1. The average molecular weight is 349 g/mol. The standard InChI is InChI=1S/C21H20FN3O/c1-2-20(26)25-11-9-14-5-7-16(12-19(14)25)24-13-15-6-8-18(22)17-4-3-10-23-21(15)17/h3-8,10,12,24H,2,9,11,13H2,1H3. The minimum atomic E-state index is -0.261. The Labute approximate surface area is 151 Å². The second-order valence-electron chi connectivity index (χ2n) is 6.45. The van der Waals surface area contributed by atoms with Crippen molar-refractivity contribution in [1.82, 2.24) is 4.98 Å². The maximum absolute atomic E-state index is 13.9. The van der Waals surface area contributed by atoms with Crippen molar-refractivity contribution in [2.24, 2.45) is 0 Å². The molecule has 1 aliphatic heterocycles. The molecule has 1 aliphatic rings. The number of pyridine rings is 1. The van der Waals surface area contributed by atoms with Gasteiger partial charge in [-0.15, -0.1) is 0 Å². The molecule has 0 spiro atoms. The van der Waals surface area contributed by atoms with Gasteiger partial charge in [-0.1, -0.05) is 19.1 Å². The maximum Gasteiger partial charge on any atom is 0.226 e. The SMILES string of the molecule is CCC(=O)N1CCc2ccc(NCc3ccc(F)c4cccnc34)cc21. The Bertz CT molecular complexity index is 986. The summed E-state index contributed by atoms with van der Waals surface area (Å²) in [5, 5.41) is 3.91. The van der Waals surface area contributed by atoms with Crippen LogP contribution in [0.4, 0.5) is 15.8 Å². The van der Waals surface area contributed by atoms with Crippen molar-refractivity contribution in [3.63, 3.8) is 0 Å². The maximum atomic E-state index is 13.9. The summed E-state index contributed by atoms with van der Waals surface area (Å²) in [4.78, 5) is 18.3. The van der Waals surface area contributed by atoms with Crippen molar-refractivity contribution in [3.05, 3.63) is 65.6 Å². The van der Waals surface area contributed by atoms with E-state index in [2.05, 4.69) is 16.4 Å². The topological polar surface area (TPSA) is 45.2 Å². The van der Waals surface area contributed by atoms with E-state index in [4.69, 9.17) is 0 Å². The van der Waals surface area contributed by atoms with Crippen molar-refractivity contribution < 1.29 is 9.18 Å². The molecular formula is C21H20FN3O. The third kappa shape index (κ3) is 2.90. The smallest absolute Gasteiger partial charge is 0.226 e. The summed E-state index contributed by atoms with van der Waals surface area (Å²) in [6.45, 7) is 3.17. The van der Waals surface area contributed by atoms with Crippen LogP contribution in [0.5, 0.6) is 0 Å². The summed E-state index contributed by atoms with van der Waals surface area (Å²) in [6, 6.07) is 12.8.